The number of rotatable bonds is 2. The van der Waals surface area contributed by atoms with E-state index in [-0.39, 0.29) is 52.8 Å². The molecule has 10 heteroatoms. The molecule has 10 heavy (non-hydrogen) atoms. The molecule has 0 aliphatic heterocycles. The van der Waals surface area contributed by atoms with Crippen LogP contribution in [0, 0.1) is 0 Å². The van der Waals surface area contributed by atoms with Gasteiger partial charge in [0.05, 0.1) is 0 Å². The van der Waals surface area contributed by atoms with Crippen molar-refractivity contribution >= 4 is 20.6 Å². The third-order valence-electron chi connectivity index (χ3n) is 0.211. The number of hydrogen-bond acceptors (Lipinski definition) is 4. The van der Waals surface area contributed by atoms with Gasteiger partial charge in [-0.15, -0.1) is 0 Å². The number of hydrogen-bond donors (Lipinski definition) is 3. The summed E-state index contributed by atoms with van der Waals surface area (Å²) < 4.78 is 54.1. The van der Waals surface area contributed by atoms with Crippen molar-refractivity contribution in [3.63, 3.8) is 0 Å². The summed E-state index contributed by atoms with van der Waals surface area (Å²) in [5, 5.41) is 0. The SMILES string of the molecule is O=S(=O)(O)NS(=O)(=O)O.[H-].[K+]. The number of nitrogens with one attached hydrogen (secondary N) is 1. The molecule has 0 atom stereocenters. The Labute approximate surface area is 102 Å². The maximum atomic E-state index is 9.55. The smallest absolute Gasteiger partial charge is 1.00 e. The van der Waals surface area contributed by atoms with Crippen molar-refractivity contribution in [3.8, 4) is 0 Å². The Balaban J connectivity index is -0.000000320. The third-order valence-corrected chi connectivity index (χ3v) is 1.90. The van der Waals surface area contributed by atoms with Crippen LogP contribution in [0.2, 0.25) is 0 Å². The molecule has 0 fully saturated rings. The van der Waals surface area contributed by atoms with Crippen LogP contribution in [0.4, 0.5) is 0 Å². The van der Waals surface area contributed by atoms with Gasteiger partial charge in [-0.3, -0.25) is 9.11 Å². The maximum Gasteiger partial charge on any atom is 1.00 e. The molecule has 0 spiro atoms. The first-order chi connectivity index (χ1) is 3.71. The fraction of sp³-hybridized carbons (Fsp3) is 0. The molecule has 0 aromatic heterocycles. The largest absolute Gasteiger partial charge is 1.00 e. The molecule has 0 unspecified atom stereocenters. The second-order valence-corrected chi connectivity index (χ2v) is 3.60. The molecule has 0 aromatic rings. The Kier molecular flexibility index (Phi) is 6.21. The van der Waals surface area contributed by atoms with Crippen LogP contribution in [0.3, 0.4) is 0 Å². The van der Waals surface area contributed by atoms with Gasteiger partial charge in [-0.05, 0) is 0 Å². The minimum Gasteiger partial charge on any atom is -1.00 e. The Hall–Kier alpha value is 1.42. The van der Waals surface area contributed by atoms with E-state index in [4.69, 9.17) is 9.11 Å². The average Bonchev–Trinajstić information content (AvgIpc) is 1.14. The predicted octanol–water partition coefficient (Wildman–Crippen LogP) is -4.70. The Morgan fingerprint density at radius 2 is 1.20 bits per heavy atom. The molecule has 0 rings (SSSR count). The molecule has 0 aromatic carbocycles. The van der Waals surface area contributed by atoms with E-state index < -0.39 is 20.6 Å². The van der Waals surface area contributed by atoms with Crippen LogP contribution < -0.4 is 55.5 Å². The molecule has 0 saturated heterocycles. The van der Waals surface area contributed by atoms with E-state index in [0.717, 1.165) is 0 Å². The Morgan fingerprint density at radius 3 is 1.20 bits per heavy atom. The standard InChI is InChI=1S/K.H3NO6S2.H/c;2-8(3,4)1-9(5,6)7;/h;1H,(H,2,3,4)(H,5,6,7);/q+1;;-1. The van der Waals surface area contributed by atoms with Gasteiger partial charge in [0, 0.05) is 0 Å². The third kappa shape index (κ3) is 12.1. The molecule has 7 nitrogen and oxygen atoms in total. The van der Waals surface area contributed by atoms with E-state index in [9.17, 15) is 16.8 Å². The molecule has 0 radical (unpaired) electrons. The van der Waals surface area contributed by atoms with Crippen molar-refractivity contribution in [2.75, 3.05) is 0 Å². The van der Waals surface area contributed by atoms with Crippen molar-refractivity contribution in [2.24, 2.45) is 0 Å². The van der Waals surface area contributed by atoms with Gasteiger partial charge >= 0.3 is 72.0 Å². The molecule has 0 bridgehead atoms. The summed E-state index contributed by atoms with van der Waals surface area (Å²) in [6.45, 7) is 0. The first-order valence-corrected chi connectivity index (χ1v) is 4.32. The zero-order chi connectivity index (χ0) is 7.71. The zero-order valence-electron chi connectivity index (χ0n) is 5.84. The normalized spacial score (nSPS) is 12.2. The van der Waals surface area contributed by atoms with Crippen molar-refractivity contribution in [1.82, 2.24) is 4.13 Å². The maximum absolute atomic E-state index is 9.55. The van der Waals surface area contributed by atoms with E-state index in [1.165, 1.54) is 0 Å². The predicted molar refractivity (Wildman–Crippen MR) is 27.3 cm³/mol. The minimum absolute atomic E-state index is 0. The van der Waals surface area contributed by atoms with Crippen molar-refractivity contribution in [1.29, 1.82) is 0 Å². The summed E-state index contributed by atoms with van der Waals surface area (Å²) in [4.78, 5) is 0. The van der Waals surface area contributed by atoms with Gasteiger partial charge in [0.1, 0.15) is 0 Å². The minimum atomic E-state index is -4.87. The van der Waals surface area contributed by atoms with Crippen LogP contribution in [0.5, 0.6) is 0 Å². The summed E-state index contributed by atoms with van der Waals surface area (Å²) in [6, 6.07) is 0. The monoisotopic (exact) mass is 217 g/mol. The van der Waals surface area contributed by atoms with Crippen LogP contribution in [0.25, 0.3) is 0 Å². The molecule has 0 amide bonds. The van der Waals surface area contributed by atoms with Gasteiger partial charge in [0.2, 0.25) is 0 Å². The van der Waals surface area contributed by atoms with Crippen molar-refractivity contribution in [3.05, 3.63) is 0 Å². The summed E-state index contributed by atoms with van der Waals surface area (Å²) in [5.74, 6) is 0. The van der Waals surface area contributed by atoms with Crippen molar-refractivity contribution < 1.29 is 78.8 Å². The quantitative estimate of drug-likeness (QED) is 0.316. The van der Waals surface area contributed by atoms with Crippen LogP contribution in [-0.2, 0) is 20.6 Å². The van der Waals surface area contributed by atoms with Gasteiger partial charge in [0.15, 0.2) is 0 Å². The fourth-order valence-electron chi connectivity index (χ4n) is 0.133. The first-order valence-electron chi connectivity index (χ1n) is 1.44. The second-order valence-electron chi connectivity index (χ2n) is 1.03. The van der Waals surface area contributed by atoms with E-state index in [1.54, 1.807) is 0 Å². The van der Waals surface area contributed by atoms with Crippen LogP contribution in [0.15, 0.2) is 0 Å². The molecular formula is H4KNO6S2. The molecule has 3 N–H and O–H groups in total. The van der Waals surface area contributed by atoms with E-state index >= 15 is 0 Å². The van der Waals surface area contributed by atoms with Crippen LogP contribution >= 0.6 is 0 Å². The molecule has 0 saturated carbocycles. The zero-order valence-corrected chi connectivity index (χ0v) is 9.60. The molecule has 0 aliphatic carbocycles. The van der Waals surface area contributed by atoms with Crippen LogP contribution in [-0.4, -0.2) is 25.9 Å². The second kappa shape index (κ2) is 4.44. The summed E-state index contributed by atoms with van der Waals surface area (Å²) in [5.41, 5.74) is 0. The van der Waals surface area contributed by atoms with E-state index in [0.29, 0.717) is 4.13 Å². The Morgan fingerprint density at radius 1 is 1.00 bits per heavy atom. The van der Waals surface area contributed by atoms with Gasteiger partial charge in [-0.2, -0.15) is 16.8 Å². The van der Waals surface area contributed by atoms with Gasteiger partial charge < -0.3 is 1.43 Å². The summed E-state index contributed by atoms with van der Waals surface area (Å²) >= 11 is 0. The van der Waals surface area contributed by atoms with E-state index in [1.807, 2.05) is 0 Å². The van der Waals surface area contributed by atoms with Crippen LogP contribution in [0.1, 0.15) is 1.43 Å². The molecule has 0 aliphatic rings. The van der Waals surface area contributed by atoms with Crippen molar-refractivity contribution in [2.45, 2.75) is 0 Å². The molecule has 0 heterocycles. The van der Waals surface area contributed by atoms with E-state index in [2.05, 4.69) is 0 Å². The molecular weight excluding hydrogens is 213 g/mol. The van der Waals surface area contributed by atoms with Gasteiger partial charge in [0.25, 0.3) is 0 Å². The van der Waals surface area contributed by atoms with Gasteiger partial charge in [-0.25, -0.2) is 0 Å². The fourth-order valence-corrected chi connectivity index (χ4v) is 1.20. The first kappa shape index (κ1) is 14.0. The van der Waals surface area contributed by atoms with Gasteiger partial charge in [-0.1, -0.05) is 4.13 Å². The topological polar surface area (TPSA) is 121 Å². The molecule has 58 valence electrons. The average molecular weight is 217 g/mol. The summed E-state index contributed by atoms with van der Waals surface area (Å²) in [6.07, 6.45) is 0. The Bertz CT molecular complexity index is 246. The summed E-state index contributed by atoms with van der Waals surface area (Å²) in [7, 11) is -9.74.